The maximum absolute atomic E-state index is 13.6. The Morgan fingerprint density at radius 1 is 1.47 bits per heavy atom. The Morgan fingerprint density at radius 3 is 2.84 bits per heavy atom. The van der Waals surface area contributed by atoms with Crippen LogP contribution >= 0.6 is 11.3 Å². The first-order valence-electron chi connectivity index (χ1n) is 5.93. The summed E-state index contributed by atoms with van der Waals surface area (Å²) in [6, 6.07) is 8.35. The summed E-state index contributed by atoms with van der Waals surface area (Å²) in [5.74, 6) is -0.642. The van der Waals surface area contributed by atoms with Gasteiger partial charge in [-0.25, -0.2) is 4.39 Å². The van der Waals surface area contributed by atoms with E-state index in [-0.39, 0.29) is 11.9 Å². The number of nitrogens with two attached hydrogens (primary N) is 1. The summed E-state index contributed by atoms with van der Waals surface area (Å²) in [5.41, 5.74) is 6.34. The van der Waals surface area contributed by atoms with Gasteiger partial charge in [-0.15, -0.1) is 11.3 Å². The number of halogens is 1. The van der Waals surface area contributed by atoms with E-state index in [0.717, 1.165) is 4.88 Å². The first-order valence-corrected chi connectivity index (χ1v) is 6.81. The number of rotatable bonds is 5. The Balaban J connectivity index is 1.98. The van der Waals surface area contributed by atoms with Crippen LogP contribution in [0.15, 0.2) is 35.7 Å². The van der Waals surface area contributed by atoms with E-state index in [1.807, 2.05) is 13.0 Å². The van der Waals surface area contributed by atoms with Crippen LogP contribution < -0.4 is 11.1 Å². The van der Waals surface area contributed by atoms with Crippen molar-refractivity contribution in [2.75, 3.05) is 0 Å². The molecule has 2 rings (SSSR count). The van der Waals surface area contributed by atoms with Crippen molar-refractivity contribution in [1.82, 2.24) is 5.32 Å². The SMILES string of the molecule is CC(NCc1cc(C(N)=O)cs1)c1ccccc1F. The Morgan fingerprint density at radius 2 is 2.21 bits per heavy atom. The highest BCUT2D eigenvalue weighted by atomic mass is 32.1. The van der Waals surface area contributed by atoms with E-state index in [9.17, 15) is 9.18 Å². The van der Waals surface area contributed by atoms with Gasteiger partial charge < -0.3 is 11.1 Å². The lowest BCUT2D eigenvalue weighted by Crippen LogP contribution is -2.18. The van der Waals surface area contributed by atoms with Crippen molar-refractivity contribution in [2.45, 2.75) is 19.5 Å². The normalized spacial score (nSPS) is 12.3. The molecule has 0 saturated carbocycles. The summed E-state index contributed by atoms with van der Waals surface area (Å²) >= 11 is 1.46. The van der Waals surface area contributed by atoms with E-state index >= 15 is 0 Å². The zero-order chi connectivity index (χ0) is 13.8. The van der Waals surface area contributed by atoms with E-state index in [1.54, 1.807) is 23.6 Å². The van der Waals surface area contributed by atoms with Crippen LogP contribution in [-0.2, 0) is 6.54 Å². The molecule has 100 valence electrons. The van der Waals surface area contributed by atoms with E-state index in [1.165, 1.54) is 17.4 Å². The van der Waals surface area contributed by atoms with E-state index < -0.39 is 5.91 Å². The molecule has 1 aromatic carbocycles. The van der Waals surface area contributed by atoms with Crippen LogP contribution in [0, 0.1) is 5.82 Å². The lowest BCUT2D eigenvalue weighted by Gasteiger charge is -2.14. The van der Waals surface area contributed by atoms with E-state index in [2.05, 4.69) is 5.32 Å². The molecule has 0 aliphatic rings. The zero-order valence-electron chi connectivity index (χ0n) is 10.5. The number of thiophene rings is 1. The molecule has 1 unspecified atom stereocenters. The van der Waals surface area contributed by atoms with Gasteiger partial charge in [0.1, 0.15) is 5.82 Å². The minimum atomic E-state index is -0.426. The minimum Gasteiger partial charge on any atom is -0.366 e. The maximum atomic E-state index is 13.6. The van der Waals surface area contributed by atoms with Crippen LogP contribution in [0.2, 0.25) is 0 Å². The molecule has 0 spiro atoms. The molecule has 1 atom stereocenters. The van der Waals surface area contributed by atoms with Gasteiger partial charge in [-0.1, -0.05) is 18.2 Å². The number of amides is 1. The van der Waals surface area contributed by atoms with Gasteiger partial charge in [-0.3, -0.25) is 4.79 Å². The summed E-state index contributed by atoms with van der Waals surface area (Å²) in [4.78, 5) is 12.0. The third-order valence-corrected chi connectivity index (χ3v) is 3.83. The molecular formula is C14H15FN2OS. The van der Waals surface area contributed by atoms with E-state index in [0.29, 0.717) is 17.7 Å². The van der Waals surface area contributed by atoms with Gasteiger partial charge >= 0.3 is 0 Å². The zero-order valence-corrected chi connectivity index (χ0v) is 11.3. The lowest BCUT2D eigenvalue weighted by atomic mass is 10.1. The molecule has 2 aromatic rings. The van der Waals surface area contributed by atoms with Gasteiger partial charge in [0, 0.05) is 28.4 Å². The first-order chi connectivity index (χ1) is 9.08. The number of carbonyl (C=O) groups is 1. The Labute approximate surface area is 115 Å². The number of hydrogen-bond donors (Lipinski definition) is 2. The largest absolute Gasteiger partial charge is 0.366 e. The fourth-order valence-electron chi connectivity index (χ4n) is 1.79. The van der Waals surface area contributed by atoms with Crippen molar-refractivity contribution in [3.05, 3.63) is 57.5 Å². The Bertz CT molecular complexity index is 582. The molecule has 3 N–H and O–H groups in total. The highest BCUT2D eigenvalue weighted by molar-refractivity contribution is 7.10. The van der Waals surface area contributed by atoms with Gasteiger partial charge in [-0.05, 0) is 19.1 Å². The Hall–Kier alpha value is -1.72. The van der Waals surface area contributed by atoms with Crippen molar-refractivity contribution in [1.29, 1.82) is 0 Å². The molecule has 1 aromatic heterocycles. The first kappa shape index (κ1) is 13.7. The third kappa shape index (κ3) is 3.39. The molecule has 3 nitrogen and oxygen atoms in total. The number of carbonyl (C=O) groups excluding carboxylic acids is 1. The molecule has 1 heterocycles. The van der Waals surface area contributed by atoms with Crippen LogP contribution in [-0.4, -0.2) is 5.91 Å². The van der Waals surface area contributed by atoms with Crippen LogP contribution in [0.4, 0.5) is 4.39 Å². The summed E-state index contributed by atoms with van der Waals surface area (Å²) in [5, 5.41) is 4.96. The van der Waals surface area contributed by atoms with Gasteiger partial charge in [-0.2, -0.15) is 0 Å². The molecule has 0 aliphatic heterocycles. The van der Waals surface area contributed by atoms with Gasteiger partial charge in [0.2, 0.25) is 5.91 Å². The lowest BCUT2D eigenvalue weighted by molar-refractivity contribution is 0.100. The predicted octanol–water partition coefficient (Wildman–Crippen LogP) is 2.84. The van der Waals surface area contributed by atoms with Crippen molar-refractivity contribution in [3.63, 3.8) is 0 Å². The van der Waals surface area contributed by atoms with Gasteiger partial charge in [0.05, 0.1) is 5.56 Å². The third-order valence-electron chi connectivity index (χ3n) is 2.89. The molecule has 0 aliphatic carbocycles. The topological polar surface area (TPSA) is 55.1 Å². The molecule has 0 fully saturated rings. The molecule has 0 saturated heterocycles. The number of benzene rings is 1. The van der Waals surface area contributed by atoms with Crippen LogP contribution in [0.3, 0.4) is 0 Å². The smallest absolute Gasteiger partial charge is 0.249 e. The molecule has 0 radical (unpaired) electrons. The highest BCUT2D eigenvalue weighted by Crippen LogP contribution is 2.19. The van der Waals surface area contributed by atoms with Crippen LogP contribution in [0.25, 0.3) is 0 Å². The number of hydrogen-bond acceptors (Lipinski definition) is 3. The second kappa shape index (κ2) is 5.95. The van der Waals surface area contributed by atoms with Crippen molar-refractivity contribution >= 4 is 17.2 Å². The van der Waals surface area contributed by atoms with Crippen molar-refractivity contribution in [2.24, 2.45) is 5.73 Å². The summed E-state index contributed by atoms with van der Waals surface area (Å²) in [7, 11) is 0. The monoisotopic (exact) mass is 278 g/mol. The highest BCUT2D eigenvalue weighted by Gasteiger charge is 2.10. The standard InChI is InChI=1S/C14H15FN2OS/c1-9(12-4-2-3-5-13(12)15)17-7-11-6-10(8-19-11)14(16)18/h2-6,8-9,17H,7H2,1H3,(H2,16,18). The number of nitrogens with one attached hydrogen (secondary N) is 1. The van der Waals surface area contributed by atoms with Crippen LogP contribution in [0.1, 0.15) is 33.8 Å². The Kier molecular flexibility index (Phi) is 4.29. The molecule has 0 bridgehead atoms. The average molecular weight is 278 g/mol. The summed E-state index contributed by atoms with van der Waals surface area (Å²) in [6.07, 6.45) is 0. The second-order valence-electron chi connectivity index (χ2n) is 4.29. The van der Waals surface area contributed by atoms with Crippen molar-refractivity contribution in [3.8, 4) is 0 Å². The van der Waals surface area contributed by atoms with Crippen LogP contribution in [0.5, 0.6) is 0 Å². The van der Waals surface area contributed by atoms with Gasteiger partial charge in [0.15, 0.2) is 0 Å². The quantitative estimate of drug-likeness (QED) is 0.883. The molecule has 19 heavy (non-hydrogen) atoms. The fraction of sp³-hybridized carbons (Fsp3) is 0.214. The fourth-order valence-corrected chi connectivity index (χ4v) is 2.62. The summed E-state index contributed by atoms with van der Waals surface area (Å²) < 4.78 is 13.6. The maximum Gasteiger partial charge on any atom is 0.249 e. The van der Waals surface area contributed by atoms with Gasteiger partial charge in [0.25, 0.3) is 0 Å². The molecule has 1 amide bonds. The van der Waals surface area contributed by atoms with E-state index in [4.69, 9.17) is 5.73 Å². The molecular weight excluding hydrogens is 263 g/mol. The summed E-state index contributed by atoms with van der Waals surface area (Å²) in [6.45, 7) is 2.48. The second-order valence-corrected chi connectivity index (χ2v) is 5.29. The minimum absolute atomic E-state index is 0.0969. The predicted molar refractivity (Wildman–Crippen MR) is 74.5 cm³/mol. The molecule has 5 heteroatoms. The number of primary amides is 1. The average Bonchev–Trinajstić information content (AvgIpc) is 2.85. The van der Waals surface area contributed by atoms with Crippen molar-refractivity contribution < 1.29 is 9.18 Å².